The molecule has 0 aliphatic carbocycles. The molecule has 0 amide bonds. The van der Waals surface area contributed by atoms with Crippen LogP contribution in [-0.2, 0) is 52.3 Å². The zero-order valence-electron chi connectivity index (χ0n) is 36.1. The standard InChI is InChI=1S/C43H65NO14/c1-14-19-52-35(28-17-16-18-29(21-28)50-12)39(48)55-34-26(6)36(56-40-33(46)30(44(10)11)20-24(4)53-40)42(8,51-13)22-23(3)32(45)25(5)37-43(9,58-41(49)57-37)31(15-2)54-38(47)27(34)7/h14,16-18,21,23-27,30-31,33-37,40,46H,1,15,19-20,22H2,2-13H3/t23-,24-,25-,26+,27-,30+,31+,33-,34-,35?,36-,37-,40+,42+,43-/m1/s1. The Balaban J connectivity index is 1.90. The highest BCUT2D eigenvalue weighted by molar-refractivity contribution is 5.84. The predicted molar refractivity (Wildman–Crippen MR) is 211 cm³/mol. The van der Waals surface area contributed by atoms with Crippen molar-refractivity contribution in [3.05, 3.63) is 42.5 Å². The lowest BCUT2D eigenvalue weighted by Crippen LogP contribution is -2.60. The van der Waals surface area contributed by atoms with Crippen LogP contribution in [0.15, 0.2) is 36.9 Å². The van der Waals surface area contributed by atoms with Crippen molar-refractivity contribution in [3.63, 3.8) is 0 Å². The second kappa shape index (κ2) is 19.6. The number of Topliss-reactive ketones (excluding diaryl/α,β-unsaturated/α-hetero) is 1. The van der Waals surface area contributed by atoms with E-state index in [2.05, 4.69) is 6.58 Å². The molecule has 3 heterocycles. The second-order valence-electron chi connectivity index (χ2n) is 16.7. The molecule has 15 atom stereocenters. The summed E-state index contributed by atoms with van der Waals surface area (Å²) in [6.45, 7) is 17.5. The summed E-state index contributed by atoms with van der Waals surface area (Å²) in [6, 6.07) is 6.44. The van der Waals surface area contributed by atoms with Gasteiger partial charge in [0.1, 0.15) is 29.8 Å². The number of carbonyl (C=O) groups excluding carboxylic acids is 4. The van der Waals surface area contributed by atoms with Gasteiger partial charge in [0.15, 0.2) is 24.1 Å². The molecule has 0 spiro atoms. The Morgan fingerprint density at radius 3 is 2.36 bits per heavy atom. The van der Waals surface area contributed by atoms with Crippen molar-refractivity contribution in [2.45, 2.75) is 141 Å². The Labute approximate surface area is 342 Å². The van der Waals surface area contributed by atoms with Crippen molar-refractivity contribution in [2.75, 3.05) is 34.9 Å². The molecule has 0 bridgehead atoms. The number of ketones is 1. The number of fused-ring (bicyclic) bond motifs is 1. The Kier molecular flexibility index (Phi) is 15.9. The van der Waals surface area contributed by atoms with Crippen LogP contribution in [0.25, 0.3) is 0 Å². The number of aliphatic hydroxyl groups excluding tert-OH is 1. The van der Waals surface area contributed by atoms with Gasteiger partial charge >= 0.3 is 18.1 Å². The lowest BCUT2D eigenvalue weighted by atomic mass is 9.74. The van der Waals surface area contributed by atoms with Gasteiger partial charge in [0, 0.05) is 25.0 Å². The highest BCUT2D eigenvalue weighted by Crippen LogP contribution is 2.43. The molecule has 0 aromatic heterocycles. The quantitative estimate of drug-likeness (QED) is 0.165. The molecule has 326 valence electrons. The molecule has 1 aromatic carbocycles. The number of esters is 2. The Hall–Kier alpha value is -3.60. The topological polar surface area (TPSA) is 175 Å². The number of carbonyl (C=O) groups is 4. The van der Waals surface area contributed by atoms with Gasteiger partial charge in [-0.1, -0.05) is 45.9 Å². The van der Waals surface area contributed by atoms with Crippen LogP contribution in [0.3, 0.4) is 0 Å². The maximum Gasteiger partial charge on any atom is 0.509 e. The first-order valence-electron chi connectivity index (χ1n) is 20.2. The van der Waals surface area contributed by atoms with Crippen LogP contribution in [0, 0.1) is 23.7 Å². The van der Waals surface area contributed by atoms with E-state index in [9.17, 15) is 24.3 Å². The van der Waals surface area contributed by atoms with Crippen LogP contribution < -0.4 is 4.74 Å². The van der Waals surface area contributed by atoms with Gasteiger partial charge < -0.3 is 52.6 Å². The zero-order valence-corrected chi connectivity index (χ0v) is 36.1. The van der Waals surface area contributed by atoms with Crippen molar-refractivity contribution < 1.29 is 66.9 Å². The minimum Gasteiger partial charge on any atom is -0.497 e. The van der Waals surface area contributed by atoms with Gasteiger partial charge in [-0.2, -0.15) is 0 Å². The van der Waals surface area contributed by atoms with Gasteiger partial charge in [-0.15, -0.1) is 6.58 Å². The van der Waals surface area contributed by atoms with Gasteiger partial charge in [-0.25, -0.2) is 9.59 Å². The summed E-state index contributed by atoms with van der Waals surface area (Å²) in [5.74, 6) is -5.02. The third-order valence-corrected chi connectivity index (χ3v) is 12.2. The molecule has 0 saturated carbocycles. The van der Waals surface area contributed by atoms with Gasteiger partial charge in [0.25, 0.3) is 0 Å². The number of benzene rings is 1. The normalized spacial score (nSPS) is 38.1. The largest absolute Gasteiger partial charge is 0.509 e. The molecular weight excluding hydrogens is 754 g/mol. The van der Waals surface area contributed by atoms with Gasteiger partial charge in [-0.3, -0.25) is 9.59 Å². The smallest absolute Gasteiger partial charge is 0.497 e. The van der Waals surface area contributed by atoms with E-state index in [4.69, 9.17) is 42.6 Å². The van der Waals surface area contributed by atoms with E-state index in [1.165, 1.54) is 20.3 Å². The number of hydrogen-bond donors (Lipinski definition) is 1. The molecule has 15 nitrogen and oxygen atoms in total. The van der Waals surface area contributed by atoms with Crippen LogP contribution in [0.1, 0.15) is 86.3 Å². The summed E-state index contributed by atoms with van der Waals surface area (Å²) in [4.78, 5) is 58.0. The van der Waals surface area contributed by atoms with Crippen LogP contribution in [0.4, 0.5) is 4.79 Å². The lowest BCUT2D eigenvalue weighted by Gasteiger charge is -2.48. The summed E-state index contributed by atoms with van der Waals surface area (Å²) in [7, 11) is 6.70. The van der Waals surface area contributed by atoms with E-state index in [0.29, 0.717) is 17.7 Å². The summed E-state index contributed by atoms with van der Waals surface area (Å²) >= 11 is 0. The SMILES string of the molecule is C=CCOC(C(=O)O[C@@H]1[C@H](C)[C@@H](O[C@@H]2O[C@H](C)C[C@H](N(C)C)[C@H]2O)[C@@](C)(OC)C[C@@H](C)C(=O)[C@@H](C)[C@H]2OC(=O)O[C@]2(C)[C@H](CC)OC(=O)[C@@H]1C)c1cccc(OC)c1. The molecule has 3 aliphatic rings. The summed E-state index contributed by atoms with van der Waals surface area (Å²) in [5, 5.41) is 11.7. The monoisotopic (exact) mass is 819 g/mol. The molecule has 4 rings (SSSR count). The molecule has 0 radical (unpaired) electrons. The van der Waals surface area contributed by atoms with Crippen LogP contribution in [-0.4, -0.2) is 129 Å². The van der Waals surface area contributed by atoms with E-state index in [-0.39, 0.29) is 37.4 Å². The molecule has 58 heavy (non-hydrogen) atoms. The maximum atomic E-state index is 14.5. The Morgan fingerprint density at radius 1 is 1.07 bits per heavy atom. The van der Waals surface area contributed by atoms with E-state index in [1.807, 2.05) is 25.9 Å². The van der Waals surface area contributed by atoms with E-state index >= 15 is 0 Å². The maximum absolute atomic E-state index is 14.5. The minimum atomic E-state index is -1.53. The minimum absolute atomic E-state index is 0.00648. The van der Waals surface area contributed by atoms with Crippen molar-refractivity contribution in [1.82, 2.24) is 4.90 Å². The highest BCUT2D eigenvalue weighted by Gasteiger charge is 2.59. The van der Waals surface area contributed by atoms with E-state index in [1.54, 1.807) is 72.7 Å². The number of likely N-dealkylation sites (N-methyl/N-ethyl adjacent to an activating group) is 1. The summed E-state index contributed by atoms with van der Waals surface area (Å²) in [6.07, 6.45) is -7.09. The fourth-order valence-corrected chi connectivity index (χ4v) is 8.86. The van der Waals surface area contributed by atoms with Crippen LogP contribution >= 0.6 is 0 Å². The summed E-state index contributed by atoms with van der Waals surface area (Å²) in [5.41, 5.74) is -2.44. The molecular formula is C43H65NO14. The first-order valence-corrected chi connectivity index (χ1v) is 20.2. The second-order valence-corrected chi connectivity index (χ2v) is 16.7. The Bertz CT molecular complexity index is 1600. The fraction of sp³-hybridized carbons (Fsp3) is 0.721. The third-order valence-electron chi connectivity index (χ3n) is 12.2. The number of methoxy groups -OCH3 is 2. The molecule has 1 unspecified atom stereocenters. The molecule has 1 aromatic rings. The number of cyclic esters (lactones) is 1. The first kappa shape index (κ1) is 47.1. The average Bonchev–Trinajstić information content (AvgIpc) is 3.51. The van der Waals surface area contributed by atoms with Crippen molar-refractivity contribution in [2.24, 2.45) is 23.7 Å². The molecule has 3 fully saturated rings. The highest BCUT2D eigenvalue weighted by atomic mass is 16.8. The first-order chi connectivity index (χ1) is 27.3. The number of nitrogens with zero attached hydrogens (tertiary/aromatic N) is 1. The van der Waals surface area contributed by atoms with E-state index in [0.717, 1.165) is 0 Å². The molecule has 3 saturated heterocycles. The average molecular weight is 820 g/mol. The predicted octanol–water partition coefficient (Wildman–Crippen LogP) is 5.20. The summed E-state index contributed by atoms with van der Waals surface area (Å²) < 4.78 is 54.7. The molecule has 15 heteroatoms. The van der Waals surface area contributed by atoms with Crippen molar-refractivity contribution in [3.8, 4) is 5.75 Å². The lowest BCUT2D eigenvalue weighted by molar-refractivity contribution is -0.302. The Morgan fingerprint density at radius 2 is 1.76 bits per heavy atom. The number of hydrogen-bond acceptors (Lipinski definition) is 15. The number of aliphatic hydroxyl groups is 1. The van der Waals surface area contributed by atoms with Crippen molar-refractivity contribution >= 4 is 23.9 Å². The van der Waals surface area contributed by atoms with Crippen LogP contribution in [0.5, 0.6) is 5.75 Å². The zero-order chi connectivity index (χ0) is 43.3. The van der Waals surface area contributed by atoms with Gasteiger partial charge in [0.2, 0.25) is 0 Å². The van der Waals surface area contributed by atoms with E-state index < -0.39 is 95.9 Å². The number of rotatable bonds is 12. The number of ether oxygens (including phenoxy) is 9. The van der Waals surface area contributed by atoms with Gasteiger partial charge in [0.05, 0.1) is 43.4 Å². The molecule has 1 N–H and O–H groups in total. The third kappa shape index (κ3) is 10.0. The fourth-order valence-electron chi connectivity index (χ4n) is 8.86. The van der Waals surface area contributed by atoms with Crippen LogP contribution in [0.2, 0.25) is 0 Å². The van der Waals surface area contributed by atoms with Crippen molar-refractivity contribution in [1.29, 1.82) is 0 Å². The molecule has 3 aliphatic heterocycles. The van der Waals surface area contributed by atoms with Gasteiger partial charge in [-0.05, 0) is 78.7 Å².